The number of hydrogen-bond acceptors (Lipinski definition) is 6. The predicted octanol–water partition coefficient (Wildman–Crippen LogP) is 0.797. The SMILES string of the molecule is COC(=O)c1cc(-n2cnc(C#N)c2C#N)ccn1. The number of methoxy groups -OCH3 is 1. The molecule has 0 unspecified atom stereocenters. The fourth-order valence-corrected chi connectivity index (χ4v) is 1.52. The van der Waals surface area contributed by atoms with E-state index in [0.717, 1.165) is 0 Å². The second-order valence-corrected chi connectivity index (χ2v) is 3.43. The van der Waals surface area contributed by atoms with E-state index in [9.17, 15) is 4.79 Å². The van der Waals surface area contributed by atoms with Crippen LogP contribution < -0.4 is 0 Å². The third-order valence-corrected chi connectivity index (χ3v) is 2.40. The summed E-state index contributed by atoms with van der Waals surface area (Å²) in [7, 11) is 1.25. The molecule has 0 N–H and O–H groups in total. The number of rotatable bonds is 2. The molecule has 2 heterocycles. The molecule has 19 heavy (non-hydrogen) atoms. The summed E-state index contributed by atoms with van der Waals surface area (Å²) >= 11 is 0. The van der Waals surface area contributed by atoms with E-state index in [0.29, 0.717) is 5.69 Å². The third-order valence-electron chi connectivity index (χ3n) is 2.40. The molecule has 2 rings (SSSR count). The number of nitrogens with zero attached hydrogens (tertiary/aromatic N) is 5. The molecule has 0 aliphatic rings. The normalized spacial score (nSPS) is 9.42. The average Bonchev–Trinajstić information content (AvgIpc) is 2.89. The van der Waals surface area contributed by atoms with Gasteiger partial charge in [-0.1, -0.05) is 0 Å². The molecule has 0 saturated heterocycles. The van der Waals surface area contributed by atoms with Gasteiger partial charge in [0.1, 0.15) is 24.2 Å². The second kappa shape index (κ2) is 4.98. The Hall–Kier alpha value is -3.19. The molecule has 0 atom stereocenters. The van der Waals surface area contributed by atoms with Crippen LogP contribution in [-0.2, 0) is 4.74 Å². The molecule has 0 amide bonds. The van der Waals surface area contributed by atoms with E-state index in [1.165, 1.54) is 30.3 Å². The van der Waals surface area contributed by atoms with E-state index in [1.807, 2.05) is 12.1 Å². The van der Waals surface area contributed by atoms with Crippen molar-refractivity contribution in [2.45, 2.75) is 0 Å². The zero-order chi connectivity index (χ0) is 13.8. The average molecular weight is 253 g/mol. The highest BCUT2D eigenvalue weighted by Gasteiger charge is 2.13. The molecule has 0 spiro atoms. The molecule has 0 aromatic carbocycles. The van der Waals surface area contributed by atoms with Gasteiger partial charge in [-0.3, -0.25) is 4.57 Å². The van der Waals surface area contributed by atoms with Crippen LogP contribution in [0.5, 0.6) is 0 Å². The summed E-state index contributed by atoms with van der Waals surface area (Å²) < 4.78 is 5.98. The number of aromatic nitrogens is 3. The Balaban J connectivity index is 2.55. The number of nitriles is 2. The Morgan fingerprint density at radius 3 is 2.79 bits per heavy atom. The van der Waals surface area contributed by atoms with Gasteiger partial charge in [-0.05, 0) is 12.1 Å². The molecule has 0 saturated carbocycles. The quantitative estimate of drug-likeness (QED) is 0.733. The van der Waals surface area contributed by atoms with E-state index < -0.39 is 5.97 Å². The molecule has 2 aromatic heterocycles. The Kier molecular flexibility index (Phi) is 3.22. The maximum atomic E-state index is 11.4. The van der Waals surface area contributed by atoms with E-state index in [4.69, 9.17) is 10.5 Å². The Labute approximate surface area is 108 Å². The summed E-state index contributed by atoms with van der Waals surface area (Å²) in [6, 6.07) is 6.77. The number of carbonyl (C=O) groups is 1. The first kappa shape index (κ1) is 12.3. The monoisotopic (exact) mass is 253 g/mol. The predicted molar refractivity (Wildman–Crippen MR) is 62.1 cm³/mol. The van der Waals surface area contributed by atoms with E-state index >= 15 is 0 Å². The molecule has 0 radical (unpaired) electrons. The Morgan fingerprint density at radius 2 is 2.16 bits per heavy atom. The molecule has 2 aromatic rings. The van der Waals surface area contributed by atoms with Gasteiger partial charge in [0.25, 0.3) is 0 Å². The molecule has 7 nitrogen and oxygen atoms in total. The summed E-state index contributed by atoms with van der Waals surface area (Å²) in [5.41, 5.74) is 0.737. The molecule has 0 fully saturated rings. The summed E-state index contributed by atoms with van der Waals surface area (Å²) in [5.74, 6) is -0.582. The van der Waals surface area contributed by atoms with Crippen LogP contribution in [0, 0.1) is 22.7 Å². The molecule has 0 aliphatic carbocycles. The zero-order valence-corrected chi connectivity index (χ0v) is 9.86. The molecular formula is C12H7N5O2. The van der Waals surface area contributed by atoms with Crippen molar-refractivity contribution in [3.05, 3.63) is 41.7 Å². The Bertz CT molecular complexity index is 720. The van der Waals surface area contributed by atoms with Crippen molar-refractivity contribution in [1.29, 1.82) is 10.5 Å². The fourth-order valence-electron chi connectivity index (χ4n) is 1.52. The van der Waals surface area contributed by atoms with Crippen LogP contribution in [0.4, 0.5) is 0 Å². The molecular weight excluding hydrogens is 246 g/mol. The first-order valence-corrected chi connectivity index (χ1v) is 5.13. The van der Waals surface area contributed by atoms with Gasteiger partial charge in [-0.2, -0.15) is 10.5 Å². The first-order chi connectivity index (χ1) is 9.21. The largest absolute Gasteiger partial charge is 0.464 e. The number of imidazole rings is 1. The van der Waals surface area contributed by atoms with E-state index in [2.05, 4.69) is 14.7 Å². The van der Waals surface area contributed by atoms with Gasteiger partial charge in [0.05, 0.1) is 12.8 Å². The van der Waals surface area contributed by atoms with Crippen molar-refractivity contribution < 1.29 is 9.53 Å². The highest BCUT2D eigenvalue weighted by molar-refractivity contribution is 5.87. The van der Waals surface area contributed by atoms with Crippen LogP contribution in [-0.4, -0.2) is 27.6 Å². The van der Waals surface area contributed by atoms with Crippen LogP contribution in [0.1, 0.15) is 21.9 Å². The maximum Gasteiger partial charge on any atom is 0.356 e. The molecule has 0 aliphatic heterocycles. The number of carbonyl (C=O) groups excluding carboxylic acids is 1. The van der Waals surface area contributed by atoms with Gasteiger partial charge >= 0.3 is 5.97 Å². The van der Waals surface area contributed by atoms with Gasteiger partial charge < -0.3 is 4.74 Å². The maximum absolute atomic E-state index is 11.4. The van der Waals surface area contributed by atoms with Crippen molar-refractivity contribution >= 4 is 5.97 Å². The first-order valence-electron chi connectivity index (χ1n) is 5.13. The molecule has 92 valence electrons. The van der Waals surface area contributed by atoms with Gasteiger partial charge in [0.2, 0.25) is 0 Å². The van der Waals surface area contributed by atoms with Gasteiger partial charge in [-0.15, -0.1) is 0 Å². The van der Waals surface area contributed by atoms with Crippen LogP contribution in [0.3, 0.4) is 0 Å². The lowest BCUT2D eigenvalue weighted by Crippen LogP contribution is -2.06. The minimum atomic E-state index is -0.582. The lowest BCUT2D eigenvalue weighted by atomic mass is 10.3. The summed E-state index contributed by atoms with van der Waals surface area (Å²) in [5, 5.41) is 17.9. The third kappa shape index (κ3) is 2.13. The van der Waals surface area contributed by atoms with E-state index in [-0.39, 0.29) is 17.1 Å². The number of esters is 1. The minimum absolute atomic E-state index is 0.0268. The van der Waals surface area contributed by atoms with Crippen LogP contribution >= 0.6 is 0 Å². The number of ether oxygens (including phenoxy) is 1. The minimum Gasteiger partial charge on any atom is -0.464 e. The molecule has 7 heteroatoms. The van der Waals surface area contributed by atoms with Crippen LogP contribution in [0.2, 0.25) is 0 Å². The fraction of sp³-hybridized carbons (Fsp3) is 0.0833. The number of pyridine rings is 1. The topological polar surface area (TPSA) is 105 Å². The van der Waals surface area contributed by atoms with Crippen molar-refractivity contribution in [1.82, 2.24) is 14.5 Å². The summed E-state index contributed by atoms with van der Waals surface area (Å²) in [4.78, 5) is 19.1. The lowest BCUT2D eigenvalue weighted by molar-refractivity contribution is 0.0594. The van der Waals surface area contributed by atoms with Gasteiger partial charge in [-0.25, -0.2) is 14.8 Å². The zero-order valence-electron chi connectivity index (χ0n) is 9.86. The standard InChI is InChI=1S/C12H7N5O2/c1-19-12(18)9-4-8(2-3-15-9)17-7-16-10(5-13)11(17)6-14/h2-4,7H,1H3. The van der Waals surface area contributed by atoms with Gasteiger partial charge in [0, 0.05) is 6.20 Å². The molecule has 0 bridgehead atoms. The smallest absolute Gasteiger partial charge is 0.356 e. The van der Waals surface area contributed by atoms with E-state index in [1.54, 1.807) is 6.07 Å². The number of hydrogen-bond donors (Lipinski definition) is 0. The summed E-state index contributed by atoms with van der Waals surface area (Å²) in [6.45, 7) is 0. The van der Waals surface area contributed by atoms with Crippen molar-refractivity contribution in [3.63, 3.8) is 0 Å². The van der Waals surface area contributed by atoms with Gasteiger partial charge in [0.15, 0.2) is 11.4 Å². The van der Waals surface area contributed by atoms with Crippen molar-refractivity contribution in [2.75, 3.05) is 7.11 Å². The van der Waals surface area contributed by atoms with Crippen molar-refractivity contribution in [2.24, 2.45) is 0 Å². The van der Waals surface area contributed by atoms with Crippen LogP contribution in [0.15, 0.2) is 24.7 Å². The van der Waals surface area contributed by atoms with Crippen molar-refractivity contribution in [3.8, 4) is 17.8 Å². The lowest BCUT2D eigenvalue weighted by Gasteiger charge is -2.04. The highest BCUT2D eigenvalue weighted by Crippen LogP contribution is 2.14. The second-order valence-electron chi connectivity index (χ2n) is 3.43. The Morgan fingerprint density at radius 1 is 1.37 bits per heavy atom. The van der Waals surface area contributed by atoms with Crippen LogP contribution in [0.25, 0.3) is 5.69 Å². The highest BCUT2D eigenvalue weighted by atomic mass is 16.5. The summed E-state index contributed by atoms with van der Waals surface area (Å²) in [6.07, 6.45) is 2.75.